The highest BCUT2D eigenvalue weighted by atomic mass is 79.9. The Morgan fingerprint density at radius 1 is 1.53 bits per heavy atom. The SMILES string of the molecule is CCc1nnnn1-c1ccc(C(=O)O)cc1Br. The van der Waals surface area contributed by atoms with Crippen LogP contribution in [0.3, 0.4) is 0 Å². The molecule has 0 spiro atoms. The summed E-state index contributed by atoms with van der Waals surface area (Å²) in [6.07, 6.45) is 0.695. The molecule has 0 atom stereocenters. The molecule has 1 heterocycles. The number of nitrogens with zero attached hydrogens (tertiary/aromatic N) is 4. The highest BCUT2D eigenvalue weighted by Crippen LogP contribution is 2.22. The minimum Gasteiger partial charge on any atom is -0.478 e. The zero-order valence-corrected chi connectivity index (χ0v) is 10.5. The van der Waals surface area contributed by atoms with Gasteiger partial charge in [0, 0.05) is 10.9 Å². The standard InChI is InChI=1S/C10H9BrN4O2/c1-2-9-12-13-14-15(9)8-4-3-6(10(16)17)5-7(8)11/h3-5H,2H2,1H3,(H,16,17). The van der Waals surface area contributed by atoms with Crippen LogP contribution in [-0.2, 0) is 6.42 Å². The van der Waals surface area contributed by atoms with Crippen molar-refractivity contribution in [2.24, 2.45) is 0 Å². The van der Waals surface area contributed by atoms with Gasteiger partial charge in [0.25, 0.3) is 0 Å². The quantitative estimate of drug-likeness (QED) is 0.932. The average molecular weight is 297 g/mol. The van der Waals surface area contributed by atoms with Gasteiger partial charge in [-0.15, -0.1) is 5.10 Å². The van der Waals surface area contributed by atoms with Crippen molar-refractivity contribution in [3.8, 4) is 5.69 Å². The van der Waals surface area contributed by atoms with Crippen molar-refractivity contribution in [2.75, 3.05) is 0 Å². The van der Waals surface area contributed by atoms with Gasteiger partial charge in [-0.1, -0.05) is 6.92 Å². The molecule has 1 aromatic carbocycles. The molecule has 0 amide bonds. The first-order valence-corrected chi connectivity index (χ1v) is 5.73. The molecule has 0 aliphatic rings. The topological polar surface area (TPSA) is 80.9 Å². The van der Waals surface area contributed by atoms with Crippen LogP contribution >= 0.6 is 15.9 Å². The van der Waals surface area contributed by atoms with E-state index >= 15 is 0 Å². The van der Waals surface area contributed by atoms with Crippen LogP contribution in [0.25, 0.3) is 5.69 Å². The van der Waals surface area contributed by atoms with E-state index < -0.39 is 5.97 Å². The average Bonchev–Trinajstić information content (AvgIpc) is 2.76. The lowest BCUT2D eigenvalue weighted by molar-refractivity contribution is 0.0697. The fraction of sp³-hybridized carbons (Fsp3) is 0.200. The highest BCUT2D eigenvalue weighted by Gasteiger charge is 2.12. The van der Waals surface area contributed by atoms with Crippen molar-refractivity contribution in [2.45, 2.75) is 13.3 Å². The Morgan fingerprint density at radius 3 is 2.88 bits per heavy atom. The first-order valence-electron chi connectivity index (χ1n) is 4.94. The molecular formula is C10H9BrN4O2. The molecule has 0 saturated carbocycles. The van der Waals surface area contributed by atoms with Gasteiger partial charge in [0.1, 0.15) is 0 Å². The number of aryl methyl sites for hydroxylation is 1. The Bertz CT molecular complexity index is 567. The number of hydrogen-bond donors (Lipinski definition) is 1. The van der Waals surface area contributed by atoms with Crippen molar-refractivity contribution < 1.29 is 9.90 Å². The predicted molar refractivity (Wildman–Crippen MR) is 63.2 cm³/mol. The molecular weight excluding hydrogens is 288 g/mol. The Balaban J connectivity index is 2.50. The molecule has 17 heavy (non-hydrogen) atoms. The van der Waals surface area contributed by atoms with Crippen molar-refractivity contribution in [1.29, 1.82) is 0 Å². The van der Waals surface area contributed by atoms with Crippen LogP contribution in [0.15, 0.2) is 22.7 Å². The number of carbonyl (C=O) groups is 1. The summed E-state index contributed by atoms with van der Waals surface area (Å²) in [7, 11) is 0. The number of rotatable bonds is 3. The Labute approximate surface area is 105 Å². The molecule has 0 aliphatic heterocycles. The Morgan fingerprint density at radius 2 is 2.29 bits per heavy atom. The van der Waals surface area contributed by atoms with E-state index in [0.29, 0.717) is 16.7 Å². The maximum Gasteiger partial charge on any atom is 0.335 e. The van der Waals surface area contributed by atoms with E-state index in [1.165, 1.54) is 12.1 Å². The first-order chi connectivity index (χ1) is 8.13. The summed E-state index contributed by atoms with van der Waals surface area (Å²) in [4.78, 5) is 10.8. The lowest BCUT2D eigenvalue weighted by atomic mass is 10.2. The highest BCUT2D eigenvalue weighted by molar-refractivity contribution is 9.10. The number of aromatic nitrogens is 4. The van der Waals surface area contributed by atoms with E-state index in [9.17, 15) is 4.79 Å². The minimum absolute atomic E-state index is 0.215. The number of tetrazole rings is 1. The fourth-order valence-corrected chi connectivity index (χ4v) is 1.97. The normalized spacial score (nSPS) is 10.5. The van der Waals surface area contributed by atoms with Gasteiger partial charge in [0.15, 0.2) is 5.82 Å². The Kier molecular flexibility index (Phi) is 3.19. The van der Waals surface area contributed by atoms with Gasteiger partial charge in [-0.05, 0) is 44.6 Å². The lowest BCUT2D eigenvalue weighted by Crippen LogP contribution is -2.04. The second kappa shape index (κ2) is 4.62. The number of aromatic carboxylic acids is 1. The Hall–Kier alpha value is -1.76. The van der Waals surface area contributed by atoms with Crippen LogP contribution in [0.5, 0.6) is 0 Å². The van der Waals surface area contributed by atoms with E-state index in [1.54, 1.807) is 10.7 Å². The maximum absolute atomic E-state index is 10.8. The largest absolute Gasteiger partial charge is 0.478 e. The number of carboxylic acid groups (broad SMARTS) is 1. The molecule has 88 valence electrons. The summed E-state index contributed by atoms with van der Waals surface area (Å²) in [6, 6.07) is 4.71. The first kappa shape index (κ1) is 11.7. The third-order valence-corrected chi connectivity index (χ3v) is 2.91. The number of carboxylic acids is 1. The summed E-state index contributed by atoms with van der Waals surface area (Å²) < 4.78 is 2.22. The second-order valence-corrected chi connectivity index (χ2v) is 4.19. The summed E-state index contributed by atoms with van der Waals surface area (Å²) in [5, 5.41) is 20.2. The third kappa shape index (κ3) is 2.19. The van der Waals surface area contributed by atoms with Crippen molar-refractivity contribution >= 4 is 21.9 Å². The number of hydrogen-bond acceptors (Lipinski definition) is 4. The van der Waals surface area contributed by atoms with E-state index in [0.717, 1.165) is 5.69 Å². The molecule has 2 aromatic rings. The predicted octanol–water partition coefficient (Wildman–Crippen LogP) is 1.69. The summed E-state index contributed by atoms with van der Waals surface area (Å²) in [6.45, 7) is 1.95. The summed E-state index contributed by atoms with van der Waals surface area (Å²) in [5.74, 6) is -0.251. The van der Waals surface area contributed by atoms with Gasteiger partial charge in [0.2, 0.25) is 0 Å². The number of halogens is 1. The molecule has 7 heteroatoms. The lowest BCUT2D eigenvalue weighted by Gasteiger charge is -2.06. The van der Waals surface area contributed by atoms with Gasteiger partial charge in [-0.25, -0.2) is 4.79 Å². The summed E-state index contributed by atoms with van der Waals surface area (Å²) >= 11 is 3.32. The van der Waals surface area contributed by atoms with Crippen LogP contribution in [0.4, 0.5) is 0 Å². The smallest absolute Gasteiger partial charge is 0.335 e. The van der Waals surface area contributed by atoms with Crippen molar-refractivity contribution in [1.82, 2.24) is 20.2 Å². The molecule has 0 bridgehead atoms. The molecule has 2 rings (SSSR count). The maximum atomic E-state index is 10.8. The second-order valence-electron chi connectivity index (χ2n) is 3.33. The molecule has 0 fully saturated rings. The van der Waals surface area contributed by atoms with Crippen molar-refractivity contribution in [3.63, 3.8) is 0 Å². The van der Waals surface area contributed by atoms with Crippen LogP contribution in [-0.4, -0.2) is 31.3 Å². The molecule has 0 unspecified atom stereocenters. The molecule has 0 radical (unpaired) electrons. The van der Waals surface area contributed by atoms with E-state index in [2.05, 4.69) is 31.5 Å². The third-order valence-electron chi connectivity index (χ3n) is 2.27. The fourth-order valence-electron chi connectivity index (χ4n) is 1.43. The molecule has 0 aliphatic carbocycles. The van der Waals surface area contributed by atoms with Crippen molar-refractivity contribution in [3.05, 3.63) is 34.1 Å². The van der Waals surface area contributed by atoms with Crippen LogP contribution in [0.2, 0.25) is 0 Å². The zero-order chi connectivity index (χ0) is 12.4. The van der Waals surface area contributed by atoms with Gasteiger partial charge in [-0.2, -0.15) is 4.68 Å². The van der Waals surface area contributed by atoms with Crippen LogP contribution < -0.4 is 0 Å². The monoisotopic (exact) mass is 296 g/mol. The molecule has 6 nitrogen and oxygen atoms in total. The zero-order valence-electron chi connectivity index (χ0n) is 8.96. The molecule has 1 aromatic heterocycles. The van der Waals surface area contributed by atoms with Crippen LogP contribution in [0, 0.1) is 0 Å². The minimum atomic E-state index is -0.968. The van der Waals surface area contributed by atoms with Gasteiger partial charge < -0.3 is 5.11 Å². The van der Waals surface area contributed by atoms with E-state index in [-0.39, 0.29) is 5.56 Å². The summed E-state index contributed by atoms with van der Waals surface area (Å²) in [5.41, 5.74) is 0.934. The van der Waals surface area contributed by atoms with Gasteiger partial charge in [-0.3, -0.25) is 0 Å². The molecule has 1 N–H and O–H groups in total. The van der Waals surface area contributed by atoms with Crippen LogP contribution in [0.1, 0.15) is 23.1 Å². The number of benzene rings is 1. The van der Waals surface area contributed by atoms with Gasteiger partial charge >= 0.3 is 5.97 Å². The molecule has 0 saturated heterocycles. The van der Waals surface area contributed by atoms with E-state index in [1.807, 2.05) is 6.92 Å². The van der Waals surface area contributed by atoms with Gasteiger partial charge in [0.05, 0.1) is 11.3 Å². The van der Waals surface area contributed by atoms with E-state index in [4.69, 9.17) is 5.11 Å².